The molecule has 1 heterocycles. The quantitative estimate of drug-likeness (QED) is 0.778. The van der Waals surface area contributed by atoms with Gasteiger partial charge in [0.25, 0.3) is 5.91 Å². The Morgan fingerprint density at radius 3 is 2.67 bits per heavy atom. The first-order valence-corrected chi connectivity index (χ1v) is 9.44. The maximum atomic E-state index is 12.5. The number of nitrogens with zero attached hydrogens (tertiary/aromatic N) is 1. The number of aliphatic hydroxyl groups excluding tert-OH is 1. The molecule has 0 aromatic heterocycles. The lowest BCUT2D eigenvalue weighted by Gasteiger charge is -2.17. The molecule has 0 bridgehead atoms. The number of likely N-dealkylation sites (tertiary alicyclic amines) is 1. The van der Waals surface area contributed by atoms with Crippen LogP contribution in [0.3, 0.4) is 0 Å². The van der Waals surface area contributed by atoms with Crippen LogP contribution in [0.4, 0.5) is 4.79 Å². The number of carbonyl (C=O) groups is 2. The van der Waals surface area contributed by atoms with Crippen molar-refractivity contribution in [3.63, 3.8) is 0 Å². The first-order valence-electron chi connectivity index (χ1n) is 8.65. The number of hydrogen-bond acceptors (Lipinski definition) is 4. The van der Waals surface area contributed by atoms with Crippen LogP contribution in [0, 0.1) is 6.92 Å². The summed E-state index contributed by atoms with van der Waals surface area (Å²) in [7, 11) is 0. The van der Waals surface area contributed by atoms with Crippen LogP contribution < -0.4 is 5.32 Å². The number of carbonyl (C=O) groups excluding carboxylic acids is 2. The van der Waals surface area contributed by atoms with Gasteiger partial charge in [0.05, 0.1) is 18.7 Å². The fourth-order valence-corrected chi connectivity index (χ4v) is 3.35. The van der Waals surface area contributed by atoms with Gasteiger partial charge >= 0.3 is 6.09 Å². The van der Waals surface area contributed by atoms with Crippen LogP contribution in [-0.4, -0.2) is 47.2 Å². The Labute approximate surface area is 166 Å². The van der Waals surface area contributed by atoms with Gasteiger partial charge in [-0.15, -0.1) is 0 Å². The molecule has 2 aromatic rings. The smallest absolute Gasteiger partial charge is 0.410 e. The van der Waals surface area contributed by atoms with Crippen LogP contribution in [-0.2, 0) is 11.3 Å². The number of rotatable bonds is 4. The summed E-state index contributed by atoms with van der Waals surface area (Å²) in [5.41, 5.74) is 2.24. The first-order chi connectivity index (χ1) is 13.0. The summed E-state index contributed by atoms with van der Waals surface area (Å²) in [5, 5.41) is 13.1. The van der Waals surface area contributed by atoms with Crippen molar-refractivity contribution in [1.29, 1.82) is 0 Å². The van der Waals surface area contributed by atoms with Gasteiger partial charge in [-0.1, -0.05) is 52.3 Å². The van der Waals surface area contributed by atoms with Crippen molar-refractivity contribution >= 4 is 27.9 Å². The van der Waals surface area contributed by atoms with E-state index in [1.165, 1.54) is 4.90 Å². The molecular formula is C20H21BrN2O4. The molecule has 1 saturated heterocycles. The van der Waals surface area contributed by atoms with E-state index in [2.05, 4.69) is 21.2 Å². The molecule has 1 fully saturated rings. The van der Waals surface area contributed by atoms with E-state index < -0.39 is 18.2 Å². The summed E-state index contributed by atoms with van der Waals surface area (Å²) in [5.74, 6) is -0.280. The van der Waals surface area contributed by atoms with Crippen LogP contribution in [0.1, 0.15) is 21.5 Å². The minimum atomic E-state index is -0.842. The highest BCUT2D eigenvalue weighted by Crippen LogP contribution is 2.20. The molecule has 2 atom stereocenters. The highest BCUT2D eigenvalue weighted by molar-refractivity contribution is 9.10. The molecule has 2 amide bonds. The van der Waals surface area contributed by atoms with Crippen molar-refractivity contribution in [2.75, 3.05) is 13.1 Å². The summed E-state index contributed by atoms with van der Waals surface area (Å²) in [6.45, 7) is 2.33. The van der Waals surface area contributed by atoms with Crippen molar-refractivity contribution in [2.45, 2.75) is 25.7 Å². The summed E-state index contributed by atoms with van der Waals surface area (Å²) in [4.78, 5) is 26.2. The van der Waals surface area contributed by atoms with Crippen LogP contribution in [0.5, 0.6) is 0 Å². The molecule has 6 nitrogen and oxygen atoms in total. The molecule has 1 aliphatic rings. The molecular weight excluding hydrogens is 412 g/mol. The number of aliphatic hydroxyl groups is 1. The molecule has 2 unspecified atom stereocenters. The van der Waals surface area contributed by atoms with Gasteiger partial charge in [-0.25, -0.2) is 4.79 Å². The monoisotopic (exact) mass is 432 g/mol. The molecule has 0 aliphatic carbocycles. The van der Waals surface area contributed by atoms with E-state index in [0.29, 0.717) is 5.56 Å². The van der Waals surface area contributed by atoms with E-state index in [1.54, 1.807) is 12.1 Å². The number of ether oxygens (including phenoxy) is 1. The van der Waals surface area contributed by atoms with Gasteiger partial charge in [-0.2, -0.15) is 0 Å². The predicted molar refractivity (Wildman–Crippen MR) is 104 cm³/mol. The maximum Gasteiger partial charge on any atom is 0.410 e. The van der Waals surface area contributed by atoms with Crippen molar-refractivity contribution in [3.05, 3.63) is 69.7 Å². The number of hydrogen-bond donors (Lipinski definition) is 2. The predicted octanol–water partition coefficient (Wildman–Crippen LogP) is 2.87. The number of β-amino-alcohol motifs (C(OH)–C–C–N with tert-alkyl or cyclic N) is 1. The first kappa shape index (κ1) is 19.4. The zero-order chi connectivity index (χ0) is 19.4. The molecule has 7 heteroatoms. The third-order valence-electron chi connectivity index (χ3n) is 4.58. The second-order valence-corrected chi connectivity index (χ2v) is 7.36. The second kappa shape index (κ2) is 8.54. The molecule has 0 radical (unpaired) electrons. The Morgan fingerprint density at radius 1 is 1.19 bits per heavy atom. The number of nitrogens with one attached hydrogen (secondary N) is 1. The number of amides is 2. The van der Waals surface area contributed by atoms with Gasteiger partial charge < -0.3 is 20.1 Å². The van der Waals surface area contributed by atoms with Gasteiger partial charge in [-0.05, 0) is 30.2 Å². The lowest BCUT2D eigenvalue weighted by Crippen LogP contribution is -2.43. The van der Waals surface area contributed by atoms with Crippen molar-refractivity contribution < 1.29 is 19.4 Å². The van der Waals surface area contributed by atoms with Crippen LogP contribution in [0.2, 0.25) is 0 Å². The van der Waals surface area contributed by atoms with Crippen molar-refractivity contribution in [3.8, 4) is 0 Å². The molecule has 0 saturated carbocycles. The van der Waals surface area contributed by atoms with E-state index in [4.69, 9.17) is 4.74 Å². The Hall–Kier alpha value is -2.38. The van der Waals surface area contributed by atoms with Crippen LogP contribution in [0.25, 0.3) is 0 Å². The van der Waals surface area contributed by atoms with E-state index >= 15 is 0 Å². The normalized spacial score (nSPS) is 19.0. The van der Waals surface area contributed by atoms with Crippen molar-refractivity contribution in [2.24, 2.45) is 0 Å². The largest absolute Gasteiger partial charge is 0.445 e. The average molecular weight is 433 g/mol. The zero-order valence-electron chi connectivity index (χ0n) is 14.9. The Bertz CT molecular complexity index is 828. The molecule has 142 valence electrons. The van der Waals surface area contributed by atoms with Gasteiger partial charge in [-0.3, -0.25) is 4.79 Å². The van der Waals surface area contributed by atoms with Gasteiger partial charge in [0.15, 0.2) is 0 Å². The molecule has 0 spiro atoms. The van der Waals surface area contributed by atoms with Gasteiger partial charge in [0.1, 0.15) is 6.61 Å². The lowest BCUT2D eigenvalue weighted by molar-refractivity contribution is 0.0887. The van der Waals surface area contributed by atoms with E-state index in [0.717, 1.165) is 15.6 Å². The molecule has 2 N–H and O–H groups in total. The third-order valence-corrected chi connectivity index (χ3v) is 5.44. The molecule has 2 aromatic carbocycles. The van der Waals surface area contributed by atoms with E-state index in [-0.39, 0.29) is 25.6 Å². The second-order valence-electron chi connectivity index (χ2n) is 6.50. The summed E-state index contributed by atoms with van der Waals surface area (Å²) >= 11 is 3.41. The maximum absolute atomic E-state index is 12.5. The minimum Gasteiger partial charge on any atom is -0.445 e. The summed E-state index contributed by atoms with van der Waals surface area (Å²) < 4.78 is 6.13. The SMILES string of the molecule is Cc1c(Br)cccc1C(=O)NC1CN(C(=O)OCc2ccccc2)CC1O. The van der Waals surface area contributed by atoms with E-state index in [9.17, 15) is 14.7 Å². The van der Waals surface area contributed by atoms with E-state index in [1.807, 2.05) is 43.3 Å². The molecule has 1 aliphatic heterocycles. The zero-order valence-corrected chi connectivity index (χ0v) is 16.5. The Balaban J connectivity index is 1.56. The Morgan fingerprint density at radius 2 is 1.93 bits per heavy atom. The highest BCUT2D eigenvalue weighted by Gasteiger charge is 2.36. The summed E-state index contributed by atoms with van der Waals surface area (Å²) in [6.07, 6.45) is -1.35. The standard InChI is InChI=1S/C20H21BrN2O4/c1-13-15(8-5-9-16(13)21)19(25)22-17-10-23(11-18(17)24)20(26)27-12-14-6-3-2-4-7-14/h2-9,17-18,24H,10-12H2,1H3,(H,22,25). The third kappa shape index (κ3) is 4.67. The van der Waals surface area contributed by atoms with Gasteiger partial charge in [0, 0.05) is 16.6 Å². The highest BCUT2D eigenvalue weighted by atomic mass is 79.9. The fraction of sp³-hybridized carbons (Fsp3) is 0.300. The summed E-state index contributed by atoms with van der Waals surface area (Å²) in [6, 6.07) is 14.2. The molecule has 3 rings (SSSR count). The average Bonchev–Trinajstić information content (AvgIpc) is 3.03. The molecule has 27 heavy (non-hydrogen) atoms. The fourth-order valence-electron chi connectivity index (χ4n) is 2.99. The minimum absolute atomic E-state index is 0.121. The van der Waals surface area contributed by atoms with Crippen LogP contribution in [0.15, 0.2) is 53.0 Å². The van der Waals surface area contributed by atoms with Gasteiger partial charge in [0.2, 0.25) is 0 Å². The van der Waals surface area contributed by atoms with Crippen molar-refractivity contribution in [1.82, 2.24) is 10.2 Å². The number of benzene rings is 2. The van der Waals surface area contributed by atoms with Crippen LogP contribution >= 0.6 is 15.9 Å². The number of halogens is 1. The lowest BCUT2D eigenvalue weighted by atomic mass is 10.1. The Kier molecular flexibility index (Phi) is 6.13. The topological polar surface area (TPSA) is 78.9 Å².